The lowest BCUT2D eigenvalue weighted by atomic mass is 10.0. The fourth-order valence-corrected chi connectivity index (χ4v) is 5.48. The maximum absolute atomic E-state index is 12.8. The van der Waals surface area contributed by atoms with E-state index in [9.17, 15) is 4.79 Å². The van der Waals surface area contributed by atoms with Crippen molar-refractivity contribution in [3.8, 4) is 11.3 Å². The Hall–Kier alpha value is -1.99. The second-order valence-corrected chi connectivity index (χ2v) is 8.94. The first kappa shape index (κ1) is 18.1. The molecule has 1 atom stereocenters. The second-order valence-electron chi connectivity index (χ2n) is 7.05. The van der Waals surface area contributed by atoms with Crippen molar-refractivity contribution in [2.24, 2.45) is 0 Å². The van der Waals surface area contributed by atoms with Gasteiger partial charge >= 0.3 is 0 Å². The summed E-state index contributed by atoms with van der Waals surface area (Å²) >= 11 is 14.1. The van der Waals surface area contributed by atoms with Gasteiger partial charge in [0.1, 0.15) is 16.5 Å². The molecule has 2 aliphatic heterocycles. The molecule has 2 N–H and O–H groups in total. The Bertz CT molecular complexity index is 1090. The molecular weight excluding hydrogens is 417 g/mol. The number of amides is 1. The van der Waals surface area contributed by atoms with Crippen LogP contribution in [0, 0.1) is 0 Å². The molecule has 0 saturated heterocycles. The molecule has 0 saturated carbocycles. The fourth-order valence-electron chi connectivity index (χ4n) is 3.73. The van der Waals surface area contributed by atoms with Gasteiger partial charge in [-0.15, -0.1) is 11.3 Å². The van der Waals surface area contributed by atoms with Crippen molar-refractivity contribution in [1.29, 1.82) is 0 Å². The first-order chi connectivity index (χ1) is 13.5. The van der Waals surface area contributed by atoms with Crippen LogP contribution in [0.1, 0.15) is 32.7 Å². The van der Waals surface area contributed by atoms with E-state index in [2.05, 4.69) is 22.6 Å². The molecular formula is C20H17Cl2N3O2S. The molecule has 2 aliphatic rings. The molecule has 0 aliphatic carbocycles. The highest BCUT2D eigenvalue weighted by Gasteiger charge is 2.34. The van der Waals surface area contributed by atoms with Crippen LogP contribution in [0.4, 0.5) is 5.00 Å². The lowest BCUT2D eigenvalue weighted by Crippen LogP contribution is -2.38. The van der Waals surface area contributed by atoms with Crippen molar-refractivity contribution >= 4 is 45.4 Å². The minimum absolute atomic E-state index is 0.0560. The fraction of sp³-hybridized carbons (Fsp3) is 0.250. The Morgan fingerprint density at radius 2 is 2.07 bits per heavy atom. The highest BCUT2D eigenvalue weighted by Crippen LogP contribution is 2.41. The highest BCUT2D eigenvalue weighted by atomic mass is 35.5. The van der Waals surface area contributed by atoms with E-state index < -0.39 is 6.17 Å². The maximum Gasteiger partial charge on any atom is 0.256 e. The standard InChI is InChI=1S/C20H17Cl2N3O2S/c1-25-8-7-11-15(9-25)28-20-16(11)19(26)23-18(24-20)14-6-5-13(27-14)10-3-2-4-12(21)17(10)22/h2-6,18,24H,7-9H2,1H3,(H,23,26). The molecule has 1 aromatic carbocycles. The third-order valence-electron chi connectivity index (χ3n) is 5.15. The van der Waals surface area contributed by atoms with E-state index in [-0.39, 0.29) is 5.91 Å². The van der Waals surface area contributed by atoms with Crippen molar-refractivity contribution in [2.45, 2.75) is 19.1 Å². The van der Waals surface area contributed by atoms with Gasteiger partial charge in [-0.2, -0.15) is 0 Å². The number of anilines is 1. The van der Waals surface area contributed by atoms with Gasteiger partial charge in [0.25, 0.3) is 5.91 Å². The summed E-state index contributed by atoms with van der Waals surface area (Å²) in [5, 5.41) is 8.27. The summed E-state index contributed by atoms with van der Waals surface area (Å²) in [5.41, 5.74) is 2.68. The van der Waals surface area contributed by atoms with Gasteiger partial charge in [0, 0.05) is 23.5 Å². The van der Waals surface area contributed by atoms with Crippen molar-refractivity contribution < 1.29 is 9.21 Å². The number of hydrogen-bond acceptors (Lipinski definition) is 5. The predicted molar refractivity (Wildman–Crippen MR) is 112 cm³/mol. The summed E-state index contributed by atoms with van der Waals surface area (Å²) in [5.74, 6) is 1.17. The average molecular weight is 434 g/mol. The van der Waals surface area contributed by atoms with E-state index in [4.69, 9.17) is 27.6 Å². The molecule has 144 valence electrons. The molecule has 5 rings (SSSR count). The first-order valence-corrected chi connectivity index (χ1v) is 10.5. The molecule has 1 amide bonds. The molecule has 2 aromatic heterocycles. The Morgan fingerprint density at radius 1 is 1.21 bits per heavy atom. The van der Waals surface area contributed by atoms with E-state index in [1.54, 1.807) is 17.4 Å². The second kappa shape index (κ2) is 6.81. The van der Waals surface area contributed by atoms with E-state index in [1.165, 1.54) is 10.4 Å². The number of nitrogens with one attached hydrogen (secondary N) is 2. The monoisotopic (exact) mass is 433 g/mol. The summed E-state index contributed by atoms with van der Waals surface area (Å²) in [6.07, 6.45) is 0.472. The van der Waals surface area contributed by atoms with Crippen LogP contribution in [0.5, 0.6) is 0 Å². The van der Waals surface area contributed by atoms with Crippen LogP contribution in [-0.4, -0.2) is 24.4 Å². The normalized spacial score (nSPS) is 19.0. The Kier molecular flexibility index (Phi) is 4.39. The quantitative estimate of drug-likeness (QED) is 0.585. The molecule has 1 unspecified atom stereocenters. The maximum atomic E-state index is 12.8. The minimum atomic E-state index is -0.426. The van der Waals surface area contributed by atoms with Gasteiger partial charge in [-0.25, -0.2) is 0 Å². The van der Waals surface area contributed by atoms with Gasteiger partial charge in [0.15, 0.2) is 6.17 Å². The van der Waals surface area contributed by atoms with Gasteiger partial charge in [-0.1, -0.05) is 29.3 Å². The number of halogens is 2. The molecule has 0 spiro atoms. The molecule has 8 heteroatoms. The third kappa shape index (κ3) is 2.92. The largest absolute Gasteiger partial charge is 0.457 e. The average Bonchev–Trinajstić information content (AvgIpc) is 3.28. The van der Waals surface area contributed by atoms with Gasteiger partial charge < -0.3 is 20.0 Å². The van der Waals surface area contributed by atoms with Crippen LogP contribution in [0.25, 0.3) is 11.3 Å². The van der Waals surface area contributed by atoms with Crippen molar-refractivity contribution in [1.82, 2.24) is 10.2 Å². The van der Waals surface area contributed by atoms with Crippen LogP contribution in [0.2, 0.25) is 10.0 Å². The predicted octanol–water partition coefficient (Wildman–Crippen LogP) is 5.16. The smallest absolute Gasteiger partial charge is 0.256 e. The Labute approximate surface area is 176 Å². The number of thiophene rings is 1. The lowest BCUT2D eigenvalue weighted by molar-refractivity contribution is 0.0930. The lowest BCUT2D eigenvalue weighted by Gasteiger charge is -2.26. The van der Waals surface area contributed by atoms with Crippen LogP contribution < -0.4 is 10.6 Å². The molecule has 0 fully saturated rings. The molecule has 28 heavy (non-hydrogen) atoms. The van der Waals surface area contributed by atoms with Crippen LogP contribution in [0.3, 0.4) is 0 Å². The molecule has 0 radical (unpaired) electrons. The number of furan rings is 1. The van der Waals surface area contributed by atoms with Gasteiger partial charge in [-0.3, -0.25) is 4.79 Å². The summed E-state index contributed by atoms with van der Waals surface area (Å²) in [6.45, 7) is 1.85. The Balaban J connectivity index is 1.46. The summed E-state index contributed by atoms with van der Waals surface area (Å²) in [6, 6.07) is 9.09. The van der Waals surface area contributed by atoms with E-state index in [1.807, 2.05) is 24.3 Å². The van der Waals surface area contributed by atoms with E-state index in [0.717, 1.165) is 35.6 Å². The van der Waals surface area contributed by atoms with Crippen molar-refractivity contribution in [3.05, 3.63) is 62.1 Å². The van der Waals surface area contributed by atoms with Crippen LogP contribution in [-0.2, 0) is 13.0 Å². The zero-order chi connectivity index (χ0) is 19.4. The zero-order valence-electron chi connectivity index (χ0n) is 15.0. The number of likely N-dealkylation sites (N-methyl/N-ethyl adjacent to an activating group) is 1. The summed E-state index contributed by atoms with van der Waals surface area (Å²) in [7, 11) is 2.10. The van der Waals surface area contributed by atoms with E-state index in [0.29, 0.717) is 21.6 Å². The number of carbonyl (C=O) groups is 1. The number of benzene rings is 1. The number of carbonyl (C=O) groups excluding carboxylic acids is 1. The van der Waals surface area contributed by atoms with Crippen LogP contribution in [0.15, 0.2) is 34.7 Å². The van der Waals surface area contributed by atoms with Gasteiger partial charge in [-0.05, 0) is 43.3 Å². The summed E-state index contributed by atoms with van der Waals surface area (Å²) in [4.78, 5) is 16.3. The number of hydrogen-bond donors (Lipinski definition) is 2. The number of fused-ring (bicyclic) bond motifs is 3. The number of rotatable bonds is 2. The number of nitrogens with zero attached hydrogens (tertiary/aromatic N) is 1. The van der Waals surface area contributed by atoms with Gasteiger partial charge in [0.2, 0.25) is 0 Å². The molecule has 4 heterocycles. The SMILES string of the molecule is CN1CCc2c(sc3c2C(=O)NC(c2ccc(-c4cccc(Cl)c4Cl)o2)N3)C1. The summed E-state index contributed by atoms with van der Waals surface area (Å²) < 4.78 is 6.00. The third-order valence-corrected chi connectivity index (χ3v) is 7.12. The Morgan fingerprint density at radius 3 is 2.93 bits per heavy atom. The minimum Gasteiger partial charge on any atom is -0.457 e. The van der Waals surface area contributed by atoms with Gasteiger partial charge in [0.05, 0.1) is 15.6 Å². The van der Waals surface area contributed by atoms with Crippen LogP contribution >= 0.6 is 34.5 Å². The molecule has 0 bridgehead atoms. The first-order valence-electron chi connectivity index (χ1n) is 8.96. The van der Waals surface area contributed by atoms with Crippen molar-refractivity contribution in [3.63, 3.8) is 0 Å². The zero-order valence-corrected chi connectivity index (χ0v) is 17.3. The highest BCUT2D eigenvalue weighted by molar-refractivity contribution is 7.16. The van der Waals surface area contributed by atoms with E-state index >= 15 is 0 Å². The van der Waals surface area contributed by atoms with Crippen molar-refractivity contribution in [2.75, 3.05) is 18.9 Å². The topological polar surface area (TPSA) is 57.5 Å². The molecule has 5 nitrogen and oxygen atoms in total. The molecule has 3 aromatic rings.